The zero-order valence-corrected chi connectivity index (χ0v) is 26.9. The SMILES string of the molecule is CN(C)CCCN(C)[C@@H]1CCN(C(=O)c2[nH]c3cc(Cl)ccc3c2-c2c(-c3ccccc3)cnn2Cc2ccc(Cl)cc2)C1. The Labute approximate surface area is 269 Å². The van der Waals surface area contributed by atoms with Gasteiger partial charge in [-0.2, -0.15) is 5.10 Å². The molecule has 0 aliphatic carbocycles. The van der Waals surface area contributed by atoms with Gasteiger partial charge >= 0.3 is 0 Å². The number of halogens is 2. The average Bonchev–Trinajstić information content (AvgIpc) is 3.75. The maximum atomic E-state index is 14.4. The monoisotopic (exact) mass is 628 g/mol. The van der Waals surface area contributed by atoms with Crippen LogP contribution in [0.2, 0.25) is 10.0 Å². The number of hydrogen-bond donors (Lipinski definition) is 1. The van der Waals surface area contributed by atoms with Crippen LogP contribution in [-0.4, -0.2) is 88.7 Å². The number of H-pyrrole nitrogens is 1. The Morgan fingerprint density at radius 2 is 1.73 bits per heavy atom. The van der Waals surface area contributed by atoms with Gasteiger partial charge in [0.05, 0.1) is 18.4 Å². The third-order valence-corrected chi connectivity index (χ3v) is 9.06. The number of hydrogen-bond acceptors (Lipinski definition) is 4. The van der Waals surface area contributed by atoms with Gasteiger partial charge in [0, 0.05) is 51.2 Å². The van der Waals surface area contributed by atoms with E-state index in [9.17, 15) is 4.79 Å². The molecule has 1 saturated heterocycles. The molecule has 44 heavy (non-hydrogen) atoms. The molecule has 0 radical (unpaired) electrons. The van der Waals surface area contributed by atoms with Crippen LogP contribution in [0.3, 0.4) is 0 Å². The van der Waals surface area contributed by atoms with Crippen LogP contribution in [0.1, 0.15) is 28.9 Å². The zero-order valence-electron chi connectivity index (χ0n) is 25.4. The number of likely N-dealkylation sites (N-methyl/N-ethyl adjacent to an activating group) is 1. The quantitative estimate of drug-likeness (QED) is 0.178. The first-order chi connectivity index (χ1) is 21.3. The molecule has 0 spiro atoms. The lowest BCUT2D eigenvalue weighted by Crippen LogP contribution is -2.37. The number of benzene rings is 3. The molecule has 5 aromatic rings. The largest absolute Gasteiger partial charge is 0.350 e. The lowest BCUT2D eigenvalue weighted by molar-refractivity contribution is 0.0776. The van der Waals surface area contributed by atoms with E-state index in [1.54, 1.807) is 0 Å². The van der Waals surface area contributed by atoms with Gasteiger partial charge in [-0.3, -0.25) is 9.48 Å². The fourth-order valence-corrected chi connectivity index (χ4v) is 6.50. The van der Waals surface area contributed by atoms with Crippen LogP contribution in [0, 0.1) is 0 Å². The zero-order chi connectivity index (χ0) is 30.8. The molecule has 228 valence electrons. The Morgan fingerprint density at radius 3 is 2.48 bits per heavy atom. The van der Waals surface area contributed by atoms with Crippen LogP contribution in [0.4, 0.5) is 0 Å². The van der Waals surface area contributed by atoms with E-state index in [0.29, 0.717) is 41.4 Å². The first-order valence-corrected chi connectivity index (χ1v) is 15.9. The van der Waals surface area contributed by atoms with Gasteiger partial charge in [0.15, 0.2) is 0 Å². The summed E-state index contributed by atoms with van der Waals surface area (Å²) in [5.74, 6) is -0.00484. The molecular weight excluding hydrogens is 591 g/mol. The van der Waals surface area contributed by atoms with Crippen molar-refractivity contribution in [1.29, 1.82) is 0 Å². The van der Waals surface area contributed by atoms with E-state index in [2.05, 4.69) is 48.1 Å². The molecule has 1 aliphatic heterocycles. The number of aromatic nitrogens is 3. The number of carbonyl (C=O) groups excluding carboxylic acids is 1. The molecule has 9 heteroatoms. The predicted molar refractivity (Wildman–Crippen MR) is 181 cm³/mol. The fraction of sp³-hybridized carbons (Fsp3) is 0.314. The smallest absolute Gasteiger partial charge is 0.271 e. The van der Waals surface area contributed by atoms with E-state index in [0.717, 1.165) is 64.8 Å². The minimum Gasteiger partial charge on any atom is -0.350 e. The van der Waals surface area contributed by atoms with Crippen molar-refractivity contribution in [3.8, 4) is 22.4 Å². The van der Waals surface area contributed by atoms with Gasteiger partial charge in [-0.1, -0.05) is 71.7 Å². The minimum atomic E-state index is -0.00484. The number of nitrogens with one attached hydrogen (secondary N) is 1. The van der Waals surface area contributed by atoms with Gasteiger partial charge in [0.2, 0.25) is 0 Å². The molecule has 0 bridgehead atoms. The highest BCUT2D eigenvalue weighted by molar-refractivity contribution is 6.31. The summed E-state index contributed by atoms with van der Waals surface area (Å²) < 4.78 is 1.99. The second-order valence-electron chi connectivity index (χ2n) is 12.0. The molecule has 1 aliphatic rings. The van der Waals surface area contributed by atoms with Gasteiger partial charge < -0.3 is 19.7 Å². The summed E-state index contributed by atoms with van der Waals surface area (Å²) in [4.78, 5) is 24.5. The summed E-state index contributed by atoms with van der Waals surface area (Å²) >= 11 is 12.6. The van der Waals surface area contributed by atoms with E-state index in [4.69, 9.17) is 28.3 Å². The van der Waals surface area contributed by atoms with E-state index in [-0.39, 0.29) is 5.91 Å². The van der Waals surface area contributed by atoms with Crippen LogP contribution < -0.4 is 0 Å². The molecule has 1 amide bonds. The Kier molecular flexibility index (Phi) is 9.10. The molecule has 2 aromatic heterocycles. The number of amides is 1. The summed E-state index contributed by atoms with van der Waals surface area (Å²) in [5, 5.41) is 7.11. The van der Waals surface area contributed by atoms with Crippen molar-refractivity contribution in [3.05, 3.63) is 100 Å². The number of aromatic amines is 1. The summed E-state index contributed by atoms with van der Waals surface area (Å²) in [6.45, 7) is 3.99. The second kappa shape index (κ2) is 13.2. The van der Waals surface area contributed by atoms with Crippen LogP contribution >= 0.6 is 23.2 Å². The molecule has 6 rings (SSSR count). The molecule has 3 aromatic carbocycles. The normalized spacial score (nSPS) is 15.2. The molecule has 0 saturated carbocycles. The first kappa shape index (κ1) is 30.4. The Bertz CT molecular complexity index is 1740. The van der Waals surface area contributed by atoms with Crippen molar-refractivity contribution in [2.24, 2.45) is 0 Å². The molecule has 1 N–H and O–H groups in total. The number of nitrogens with zero attached hydrogens (tertiary/aromatic N) is 5. The fourth-order valence-electron chi connectivity index (χ4n) is 6.20. The van der Waals surface area contributed by atoms with Gasteiger partial charge in [0.1, 0.15) is 5.69 Å². The van der Waals surface area contributed by atoms with Crippen LogP contribution in [0.15, 0.2) is 79.0 Å². The third-order valence-electron chi connectivity index (χ3n) is 8.57. The van der Waals surface area contributed by atoms with Crippen LogP contribution in [0.25, 0.3) is 33.3 Å². The average molecular weight is 630 g/mol. The highest BCUT2D eigenvalue weighted by atomic mass is 35.5. The Morgan fingerprint density at radius 1 is 0.977 bits per heavy atom. The molecular formula is C35H38Cl2N6O. The number of rotatable bonds is 10. The predicted octanol–water partition coefficient (Wildman–Crippen LogP) is 7.15. The Hall–Kier alpha value is -3.62. The molecule has 0 unspecified atom stereocenters. The van der Waals surface area contributed by atoms with Gasteiger partial charge in [-0.25, -0.2) is 0 Å². The summed E-state index contributed by atoms with van der Waals surface area (Å²) in [7, 11) is 6.38. The number of fused-ring (bicyclic) bond motifs is 1. The van der Waals surface area contributed by atoms with Gasteiger partial charge in [-0.05, 0) is 82.5 Å². The van der Waals surface area contributed by atoms with E-state index >= 15 is 0 Å². The van der Waals surface area contributed by atoms with E-state index in [1.807, 2.05) is 76.4 Å². The summed E-state index contributed by atoms with van der Waals surface area (Å²) in [5.41, 5.74) is 6.18. The third kappa shape index (κ3) is 6.42. The van der Waals surface area contributed by atoms with Crippen molar-refractivity contribution >= 4 is 40.0 Å². The lowest BCUT2D eigenvalue weighted by Gasteiger charge is -2.25. The van der Waals surface area contributed by atoms with Crippen LogP contribution in [-0.2, 0) is 6.54 Å². The van der Waals surface area contributed by atoms with Crippen molar-refractivity contribution in [2.75, 3.05) is 47.3 Å². The number of carbonyl (C=O) groups is 1. The topological polar surface area (TPSA) is 60.4 Å². The van der Waals surface area contributed by atoms with Crippen LogP contribution in [0.5, 0.6) is 0 Å². The van der Waals surface area contributed by atoms with Crippen molar-refractivity contribution in [3.63, 3.8) is 0 Å². The highest BCUT2D eigenvalue weighted by Crippen LogP contribution is 2.40. The second-order valence-corrected chi connectivity index (χ2v) is 12.8. The van der Waals surface area contributed by atoms with E-state index < -0.39 is 0 Å². The van der Waals surface area contributed by atoms with E-state index in [1.165, 1.54) is 0 Å². The summed E-state index contributed by atoms with van der Waals surface area (Å²) in [6.07, 6.45) is 3.95. The summed E-state index contributed by atoms with van der Waals surface area (Å²) in [6, 6.07) is 24.1. The standard InChI is InChI=1S/C35H38Cl2N6O/c1-40(2)17-7-18-41(3)28-16-19-42(23-28)35(44)33-32(29-15-14-27(37)20-31(29)39-33)34-30(25-8-5-4-6-9-25)21-38-43(34)22-24-10-12-26(36)13-11-24/h4-6,8-15,20-21,28,39H,7,16-19,22-23H2,1-3H3/t28-/m1/s1. The Balaban J connectivity index is 1.42. The first-order valence-electron chi connectivity index (χ1n) is 15.1. The van der Waals surface area contributed by atoms with Gasteiger partial charge in [-0.15, -0.1) is 0 Å². The van der Waals surface area contributed by atoms with Crippen molar-refractivity contribution in [2.45, 2.75) is 25.4 Å². The maximum Gasteiger partial charge on any atom is 0.271 e. The van der Waals surface area contributed by atoms with Gasteiger partial charge in [0.25, 0.3) is 5.91 Å². The highest BCUT2D eigenvalue weighted by Gasteiger charge is 2.33. The van der Waals surface area contributed by atoms with Crippen molar-refractivity contribution in [1.82, 2.24) is 29.5 Å². The number of likely N-dealkylation sites (tertiary alicyclic amines) is 1. The van der Waals surface area contributed by atoms with Crippen molar-refractivity contribution < 1.29 is 4.79 Å². The molecule has 1 fully saturated rings. The molecule has 7 nitrogen and oxygen atoms in total. The lowest BCUT2D eigenvalue weighted by atomic mass is 9.98. The maximum absolute atomic E-state index is 14.4. The molecule has 1 atom stereocenters. The minimum absolute atomic E-state index is 0.00484. The molecule has 3 heterocycles.